The Bertz CT molecular complexity index is 475. The molecule has 4 heteroatoms. The van der Waals surface area contributed by atoms with Crippen LogP contribution in [0, 0.1) is 11.8 Å². The highest BCUT2D eigenvalue weighted by molar-refractivity contribution is 5.69. The number of hydrogen-bond donors (Lipinski definition) is 0. The van der Waals surface area contributed by atoms with Crippen LogP contribution in [0.2, 0.25) is 0 Å². The van der Waals surface area contributed by atoms with Gasteiger partial charge in [-0.15, -0.1) is 0 Å². The third-order valence-electron chi connectivity index (χ3n) is 5.36. The molecule has 0 atom stereocenters. The number of unbranched alkanes of at least 4 members (excludes halogenated alkanes) is 14. The molecule has 0 saturated carbocycles. The van der Waals surface area contributed by atoms with E-state index in [0.29, 0.717) is 19.4 Å². The lowest BCUT2D eigenvalue weighted by molar-refractivity contribution is -0.144. The van der Waals surface area contributed by atoms with Gasteiger partial charge >= 0.3 is 11.9 Å². The van der Waals surface area contributed by atoms with Crippen molar-refractivity contribution in [3.05, 3.63) is 0 Å². The zero-order valence-corrected chi connectivity index (χ0v) is 20.5. The lowest BCUT2D eigenvalue weighted by Gasteiger charge is -2.04. The van der Waals surface area contributed by atoms with Crippen LogP contribution < -0.4 is 0 Å². The molecule has 0 aromatic heterocycles. The smallest absolute Gasteiger partial charge is 0.306 e. The summed E-state index contributed by atoms with van der Waals surface area (Å²) < 4.78 is 10.3. The largest absolute Gasteiger partial charge is 0.466 e. The molecule has 0 rings (SSSR count). The molecule has 0 N–H and O–H groups in total. The molecule has 0 saturated heterocycles. The number of carbonyl (C=O) groups is 2. The lowest BCUT2D eigenvalue weighted by Crippen LogP contribution is -2.05. The van der Waals surface area contributed by atoms with E-state index >= 15 is 0 Å². The van der Waals surface area contributed by atoms with Crippen LogP contribution >= 0.6 is 0 Å². The molecule has 0 heterocycles. The molecular formula is C27H48O4. The minimum atomic E-state index is -0.142. The molecule has 0 radical (unpaired) electrons. The third-order valence-corrected chi connectivity index (χ3v) is 5.36. The summed E-state index contributed by atoms with van der Waals surface area (Å²) >= 11 is 0. The first kappa shape index (κ1) is 29.5. The van der Waals surface area contributed by atoms with Crippen LogP contribution in [0.4, 0.5) is 0 Å². The zero-order valence-electron chi connectivity index (χ0n) is 20.5. The van der Waals surface area contributed by atoms with Gasteiger partial charge in [-0.3, -0.25) is 9.59 Å². The average molecular weight is 437 g/mol. The fourth-order valence-corrected chi connectivity index (χ4v) is 3.32. The minimum Gasteiger partial charge on any atom is -0.466 e. The van der Waals surface area contributed by atoms with E-state index < -0.39 is 0 Å². The molecule has 180 valence electrons. The van der Waals surface area contributed by atoms with Crippen molar-refractivity contribution in [2.45, 2.75) is 136 Å². The summed E-state index contributed by atoms with van der Waals surface area (Å²) in [6, 6.07) is 0. The number of hydrogen-bond acceptors (Lipinski definition) is 4. The molecule has 0 aromatic rings. The van der Waals surface area contributed by atoms with Gasteiger partial charge in [0.25, 0.3) is 0 Å². The summed E-state index contributed by atoms with van der Waals surface area (Å²) in [7, 11) is 0. The van der Waals surface area contributed by atoms with E-state index in [4.69, 9.17) is 9.47 Å². The Morgan fingerprint density at radius 2 is 1.03 bits per heavy atom. The van der Waals surface area contributed by atoms with Gasteiger partial charge in [-0.05, 0) is 25.7 Å². The lowest BCUT2D eigenvalue weighted by atomic mass is 10.1. The Morgan fingerprint density at radius 1 is 0.548 bits per heavy atom. The van der Waals surface area contributed by atoms with Gasteiger partial charge < -0.3 is 9.47 Å². The van der Waals surface area contributed by atoms with Crippen molar-refractivity contribution in [3.8, 4) is 11.8 Å². The van der Waals surface area contributed by atoms with Gasteiger partial charge in [0.2, 0.25) is 0 Å². The molecule has 0 aliphatic heterocycles. The maximum absolute atomic E-state index is 11.7. The van der Waals surface area contributed by atoms with Crippen LogP contribution in [0.25, 0.3) is 0 Å². The Labute approximate surface area is 192 Å². The van der Waals surface area contributed by atoms with Crippen LogP contribution in [0.15, 0.2) is 0 Å². The summed E-state index contributed by atoms with van der Waals surface area (Å²) in [6.07, 6.45) is 20.4. The van der Waals surface area contributed by atoms with Crippen molar-refractivity contribution in [2.75, 3.05) is 13.2 Å². The van der Waals surface area contributed by atoms with Gasteiger partial charge in [0, 0.05) is 19.3 Å². The fraction of sp³-hybridized carbons (Fsp3) is 0.852. The van der Waals surface area contributed by atoms with Crippen molar-refractivity contribution in [2.24, 2.45) is 0 Å². The monoisotopic (exact) mass is 436 g/mol. The summed E-state index contributed by atoms with van der Waals surface area (Å²) in [4.78, 5) is 23.2. The van der Waals surface area contributed by atoms with Crippen molar-refractivity contribution in [3.63, 3.8) is 0 Å². The second-order valence-electron chi connectivity index (χ2n) is 8.43. The summed E-state index contributed by atoms with van der Waals surface area (Å²) in [6.45, 7) is 5.11. The molecule has 0 aliphatic rings. The van der Waals surface area contributed by atoms with E-state index in [1.165, 1.54) is 44.9 Å². The number of ether oxygens (including phenoxy) is 2. The highest BCUT2D eigenvalue weighted by atomic mass is 16.5. The van der Waals surface area contributed by atoms with Gasteiger partial charge in [-0.2, -0.15) is 0 Å². The first-order valence-electron chi connectivity index (χ1n) is 13.0. The van der Waals surface area contributed by atoms with Crippen molar-refractivity contribution in [1.29, 1.82) is 0 Å². The summed E-state index contributed by atoms with van der Waals surface area (Å²) in [5.74, 6) is 5.85. The fourth-order valence-electron chi connectivity index (χ4n) is 3.32. The average Bonchev–Trinajstić information content (AvgIpc) is 2.76. The molecule has 0 spiro atoms. The predicted octanol–water partition coefficient (Wildman–Crippen LogP) is 7.53. The number of carbonyl (C=O) groups excluding carboxylic acids is 2. The quantitative estimate of drug-likeness (QED) is 0.106. The number of rotatable bonds is 21. The SMILES string of the molecule is CCCCCCCCCCC#CCOC(=O)CCCCCCCCC(=O)OCCCC. The van der Waals surface area contributed by atoms with Crippen LogP contribution in [0.1, 0.15) is 136 Å². The maximum atomic E-state index is 11.7. The topological polar surface area (TPSA) is 52.6 Å². The molecule has 0 aromatic carbocycles. The van der Waals surface area contributed by atoms with E-state index in [2.05, 4.69) is 25.7 Å². The first-order chi connectivity index (χ1) is 15.2. The molecular weight excluding hydrogens is 388 g/mol. The second kappa shape index (κ2) is 24.8. The Balaban J connectivity index is 3.33. The van der Waals surface area contributed by atoms with E-state index in [0.717, 1.165) is 64.2 Å². The van der Waals surface area contributed by atoms with Crippen LogP contribution in [0.3, 0.4) is 0 Å². The molecule has 31 heavy (non-hydrogen) atoms. The standard InChI is InChI=1S/C27H48O4/c1-3-5-7-8-9-10-11-12-15-18-21-25-31-27(29)23-20-17-14-13-16-19-22-26(28)30-24-6-4-2/h3-17,19-20,22-25H2,1-2H3. The molecule has 0 amide bonds. The van der Waals surface area contributed by atoms with Gasteiger partial charge in [0.1, 0.15) is 0 Å². The highest BCUT2D eigenvalue weighted by Crippen LogP contribution is 2.10. The Hall–Kier alpha value is -1.50. The third kappa shape index (κ3) is 24.6. The summed E-state index contributed by atoms with van der Waals surface area (Å²) in [5, 5.41) is 0. The summed E-state index contributed by atoms with van der Waals surface area (Å²) in [5.41, 5.74) is 0. The minimum absolute atomic E-state index is 0.0721. The predicted molar refractivity (Wildman–Crippen MR) is 129 cm³/mol. The highest BCUT2D eigenvalue weighted by Gasteiger charge is 2.03. The van der Waals surface area contributed by atoms with Crippen LogP contribution in [-0.4, -0.2) is 25.2 Å². The van der Waals surface area contributed by atoms with E-state index in [1.807, 2.05) is 0 Å². The molecule has 0 unspecified atom stereocenters. The van der Waals surface area contributed by atoms with Gasteiger partial charge in [-0.25, -0.2) is 0 Å². The van der Waals surface area contributed by atoms with Crippen molar-refractivity contribution < 1.29 is 19.1 Å². The van der Waals surface area contributed by atoms with Gasteiger partial charge in [-0.1, -0.05) is 103 Å². The van der Waals surface area contributed by atoms with Gasteiger partial charge in [0.05, 0.1) is 6.61 Å². The molecule has 0 aliphatic carbocycles. The maximum Gasteiger partial charge on any atom is 0.306 e. The van der Waals surface area contributed by atoms with Crippen LogP contribution in [-0.2, 0) is 19.1 Å². The molecule has 4 nitrogen and oxygen atoms in total. The van der Waals surface area contributed by atoms with Gasteiger partial charge in [0.15, 0.2) is 6.61 Å². The Kier molecular flexibility index (Phi) is 23.6. The van der Waals surface area contributed by atoms with E-state index in [-0.39, 0.29) is 18.5 Å². The molecule has 0 bridgehead atoms. The second-order valence-corrected chi connectivity index (χ2v) is 8.43. The van der Waals surface area contributed by atoms with E-state index in [9.17, 15) is 9.59 Å². The number of esters is 2. The van der Waals surface area contributed by atoms with Crippen LogP contribution in [0.5, 0.6) is 0 Å². The van der Waals surface area contributed by atoms with Crippen molar-refractivity contribution in [1.82, 2.24) is 0 Å². The van der Waals surface area contributed by atoms with E-state index in [1.54, 1.807) is 0 Å². The molecule has 0 fully saturated rings. The Morgan fingerprint density at radius 3 is 1.61 bits per heavy atom. The zero-order chi connectivity index (χ0) is 22.8. The normalized spacial score (nSPS) is 10.4. The first-order valence-corrected chi connectivity index (χ1v) is 13.0. The van der Waals surface area contributed by atoms with Crippen molar-refractivity contribution >= 4 is 11.9 Å².